The Labute approximate surface area is 118 Å². The summed E-state index contributed by atoms with van der Waals surface area (Å²) in [5.41, 5.74) is 6.43. The van der Waals surface area contributed by atoms with Crippen molar-refractivity contribution in [1.29, 1.82) is 0 Å². The van der Waals surface area contributed by atoms with Gasteiger partial charge in [-0.15, -0.1) is 8.78 Å². The summed E-state index contributed by atoms with van der Waals surface area (Å²) in [5.74, 6) is -0.454. The number of alkyl halides is 2. The van der Waals surface area contributed by atoms with E-state index in [9.17, 15) is 13.6 Å². The number of hydrogen-bond donors (Lipinski definition) is 1. The molecule has 1 aromatic heterocycles. The fraction of sp³-hybridized carbons (Fsp3) is 0.231. The summed E-state index contributed by atoms with van der Waals surface area (Å²) in [6.07, 6.45) is -0.198. The van der Waals surface area contributed by atoms with Gasteiger partial charge in [-0.2, -0.15) is 5.10 Å². The average Bonchev–Trinajstić information content (AvgIpc) is 2.97. The van der Waals surface area contributed by atoms with Crippen molar-refractivity contribution in [1.82, 2.24) is 9.78 Å². The van der Waals surface area contributed by atoms with Crippen LogP contribution in [0.3, 0.4) is 0 Å². The molecule has 0 spiro atoms. The second-order valence-electron chi connectivity index (χ2n) is 4.54. The molecule has 3 rings (SSSR count). The third-order valence-electron chi connectivity index (χ3n) is 2.96. The van der Waals surface area contributed by atoms with E-state index in [1.54, 1.807) is 23.1 Å². The number of fused-ring (bicyclic) bond motifs is 1. The van der Waals surface area contributed by atoms with Gasteiger partial charge >= 0.3 is 6.29 Å². The van der Waals surface area contributed by atoms with Gasteiger partial charge in [-0.1, -0.05) is 6.07 Å². The number of aryl methyl sites for hydroxylation is 1. The maximum absolute atomic E-state index is 12.9. The number of halogens is 2. The normalized spacial score (nSPS) is 15.1. The molecular weight excluding hydrogens is 284 g/mol. The fourth-order valence-corrected chi connectivity index (χ4v) is 1.99. The van der Waals surface area contributed by atoms with Crippen LogP contribution in [0.15, 0.2) is 30.6 Å². The van der Waals surface area contributed by atoms with Gasteiger partial charge < -0.3 is 15.2 Å². The minimum absolute atomic E-state index is 0.00938. The number of carbonyl (C=O) groups is 1. The molecule has 2 N–H and O–H groups in total. The zero-order valence-corrected chi connectivity index (χ0v) is 10.8. The molecule has 1 aromatic carbocycles. The number of ether oxygens (including phenoxy) is 2. The van der Waals surface area contributed by atoms with Gasteiger partial charge in [-0.25, -0.2) is 0 Å². The number of nitrogens with zero attached hydrogens (tertiary/aromatic N) is 2. The number of hydrogen-bond acceptors (Lipinski definition) is 4. The molecule has 6 nitrogen and oxygen atoms in total. The molecule has 0 saturated heterocycles. The van der Waals surface area contributed by atoms with E-state index in [-0.39, 0.29) is 17.9 Å². The summed E-state index contributed by atoms with van der Waals surface area (Å²) in [5, 5.41) is 4.08. The standard InChI is InChI=1S/C13H11F2N3O3/c14-13(15)20-10-2-1-8(5-11(10)21-13)9-6-17-18(7-9)4-3-12(16)19/h1-2,5-7H,3-4H2,(H2,16,19). The second kappa shape index (κ2) is 4.72. The smallest absolute Gasteiger partial charge is 0.395 e. The molecule has 21 heavy (non-hydrogen) atoms. The summed E-state index contributed by atoms with van der Waals surface area (Å²) in [6.45, 7) is 0.359. The molecule has 8 heteroatoms. The number of primary amides is 1. The second-order valence-corrected chi connectivity index (χ2v) is 4.54. The van der Waals surface area contributed by atoms with Gasteiger partial charge in [0.25, 0.3) is 0 Å². The van der Waals surface area contributed by atoms with E-state index in [4.69, 9.17) is 5.73 Å². The average molecular weight is 295 g/mol. The first-order chi connectivity index (χ1) is 9.93. The number of benzene rings is 1. The first-order valence-electron chi connectivity index (χ1n) is 6.14. The molecule has 2 heterocycles. The monoisotopic (exact) mass is 295 g/mol. The number of amides is 1. The Bertz CT molecular complexity index is 700. The Morgan fingerprint density at radius 2 is 2.05 bits per heavy atom. The van der Waals surface area contributed by atoms with Crippen LogP contribution in [0.2, 0.25) is 0 Å². The predicted molar refractivity (Wildman–Crippen MR) is 67.7 cm³/mol. The van der Waals surface area contributed by atoms with Gasteiger partial charge in [0.2, 0.25) is 5.91 Å². The zero-order valence-electron chi connectivity index (χ0n) is 10.8. The van der Waals surface area contributed by atoms with Crippen molar-refractivity contribution in [2.45, 2.75) is 19.3 Å². The third-order valence-corrected chi connectivity index (χ3v) is 2.96. The molecule has 0 atom stereocenters. The van der Waals surface area contributed by atoms with Crippen molar-refractivity contribution in [3.63, 3.8) is 0 Å². The lowest BCUT2D eigenvalue weighted by Crippen LogP contribution is -2.25. The topological polar surface area (TPSA) is 79.4 Å². The highest BCUT2D eigenvalue weighted by molar-refractivity contribution is 5.73. The molecule has 0 radical (unpaired) electrons. The van der Waals surface area contributed by atoms with Gasteiger partial charge in [0.15, 0.2) is 11.5 Å². The van der Waals surface area contributed by atoms with Gasteiger partial charge in [0.05, 0.1) is 6.20 Å². The fourth-order valence-electron chi connectivity index (χ4n) is 1.99. The van der Waals surface area contributed by atoms with E-state index in [0.29, 0.717) is 17.7 Å². The van der Waals surface area contributed by atoms with Crippen LogP contribution in [-0.2, 0) is 11.3 Å². The minimum atomic E-state index is -3.63. The third kappa shape index (κ3) is 2.78. The SMILES string of the molecule is NC(=O)CCn1cc(-c2ccc3c(c2)OC(F)(F)O3)cn1. The summed E-state index contributed by atoms with van der Waals surface area (Å²) in [7, 11) is 0. The van der Waals surface area contributed by atoms with E-state index < -0.39 is 12.2 Å². The van der Waals surface area contributed by atoms with E-state index in [0.717, 1.165) is 0 Å². The molecule has 0 unspecified atom stereocenters. The van der Waals surface area contributed by atoms with Crippen LogP contribution in [-0.4, -0.2) is 22.0 Å². The molecular formula is C13H11F2N3O3. The zero-order chi connectivity index (χ0) is 15.0. The quantitative estimate of drug-likeness (QED) is 0.932. The van der Waals surface area contributed by atoms with E-state index in [1.165, 1.54) is 12.1 Å². The molecule has 0 bridgehead atoms. The van der Waals surface area contributed by atoms with Crippen LogP contribution in [0.5, 0.6) is 11.5 Å². The van der Waals surface area contributed by atoms with E-state index in [1.807, 2.05) is 0 Å². The van der Waals surface area contributed by atoms with Crippen LogP contribution >= 0.6 is 0 Å². The molecule has 1 aliphatic rings. The molecule has 1 aliphatic heterocycles. The number of rotatable bonds is 4. The molecule has 0 saturated carbocycles. The van der Waals surface area contributed by atoms with Crippen molar-refractivity contribution in [3.05, 3.63) is 30.6 Å². The van der Waals surface area contributed by atoms with Gasteiger partial charge in [0.1, 0.15) is 0 Å². The molecule has 0 fully saturated rings. The van der Waals surface area contributed by atoms with Crippen molar-refractivity contribution in [2.75, 3.05) is 0 Å². The van der Waals surface area contributed by atoms with Crippen molar-refractivity contribution < 1.29 is 23.0 Å². The first-order valence-corrected chi connectivity index (χ1v) is 6.14. The van der Waals surface area contributed by atoms with Crippen LogP contribution in [0.25, 0.3) is 11.1 Å². The molecule has 2 aromatic rings. The highest BCUT2D eigenvalue weighted by Crippen LogP contribution is 2.42. The van der Waals surface area contributed by atoms with Crippen LogP contribution < -0.4 is 15.2 Å². The van der Waals surface area contributed by atoms with Gasteiger partial charge in [0, 0.05) is 24.7 Å². The van der Waals surface area contributed by atoms with Crippen molar-refractivity contribution in [3.8, 4) is 22.6 Å². The lowest BCUT2D eigenvalue weighted by Gasteiger charge is -2.04. The maximum atomic E-state index is 12.9. The Kier molecular flexibility index (Phi) is 3.00. The lowest BCUT2D eigenvalue weighted by molar-refractivity contribution is -0.286. The molecule has 1 amide bonds. The highest BCUT2D eigenvalue weighted by atomic mass is 19.3. The molecule has 0 aliphatic carbocycles. The lowest BCUT2D eigenvalue weighted by atomic mass is 10.1. The van der Waals surface area contributed by atoms with Crippen LogP contribution in [0.1, 0.15) is 6.42 Å². The highest BCUT2D eigenvalue weighted by Gasteiger charge is 2.43. The predicted octanol–water partition coefficient (Wildman–Crippen LogP) is 1.75. The van der Waals surface area contributed by atoms with E-state index >= 15 is 0 Å². The van der Waals surface area contributed by atoms with Gasteiger partial charge in [-0.05, 0) is 17.7 Å². The summed E-state index contributed by atoms with van der Waals surface area (Å²) < 4.78 is 36.2. The Morgan fingerprint density at radius 1 is 1.29 bits per heavy atom. The largest absolute Gasteiger partial charge is 0.586 e. The van der Waals surface area contributed by atoms with E-state index in [2.05, 4.69) is 14.6 Å². The first kappa shape index (κ1) is 13.3. The van der Waals surface area contributed by atoms with Crippen LogP contribution in [0, 0.1) is 0 Å². The Hall–Kier alpha value is -2.64. The van der Waals surface area contributed by atoms with Crippen molar-refractivity contribution >= 4 is 5.91 Å². The van der Waals surface area contributed by atoms with Gasteiger partial charge in [-0.3, -0.25) is 9.48 Å². The number of nitrogens with two attached hydrogens (primary N) is 1. The van der Waals surface area contributed by atoms with Crippen LogP contribution in [0.4, 0.5) is 8.78 Å². The summed E-state index contributed by atoms with van der Waals surface area (Å²) in [6, 6.07) is 4.48. The minimum Gasteiger partial charge on any atom is -0.395 e. The van der Waals surface area contributed by atoms with Crippen molar-refractivity contribution in [2.24, 2.45) is 5.73 Å². The number of carbonyl (C=O) groups excluding carboxylic acids is 1. The maximum Gasteiger partial charge on any atom is 0.586 e. The Balaban J connectivity index is 1.81. The number of aromatic nitrogens is 2. The summed E-state index contributed by atoms with van der Waals surface area (Å²) >= 11 is 0. The molecule has 110 valence electrons. The Morgan fingerprint density at radius 3 is 2.81 bits per heavy atom. The summed E-state index contributed by atoms with van der Waals surface area (Å²) in [4.78, 5) is 10.7.